The number of imidazole rings is 1. The van der Waals surface area contributed by atoms with Gasteiger partial charge in [-0.15, -0.1) is 0 Å². The average Bonchev–Trinajstić information content (AvgIpc) is 2.92. The van der Waals surface area contributed by atoms with Crippen LogP contribution in [0.4, 0.5) is 4.39 Å². The monoisotopic (exact) mass is 259 g/mol. The largest absolute Gasteiger partial charge is 0.342 e. The van der Waals surface area contributed by atoms with E-state index >= 15 is 0 Å². The van der Waals surface area contributed by atoms with Gasteiger partial charge in [0.1, 0.15) is 11.6 Å². The van der Waals surface area contributed by atoms with Crippen LogP contribution >= 0.6 is 0 Å². The molecular weight excluding hydrogens is 241 g/mol. The number of aromatic amines is 1. The number of nitrogens with one attached hydrogen (secondary N) is 1. The molecule has 1 N–H and O–H groups in total. The zero-order valence-electron chi connectivity index (χ0n) is 10.9. The summed E-state index contributed by atoms with van der Waals surface area (Å²) in [5.74, 6) is 1.31. The maximum Gasteiger partial charge on any atom is 0.125 e. The Labute approximate surface area is 111 Å². The van der Waals surface area contributed by atoms with Gasteiger partial charge in [0.05, 0.1) is 11.0 Å². The molecule has 1 saturated heterocycles. The normalized spacial score (nSPS) is 25.0. The Bertz CT molecular complexity index is 602. The van der Waals surface area contributed by atoms with Gasteiger partial charge in [-0.25, -0.2) is 9.37 Å². The van der Waals surface area contributed by atoms with Crippen molar-refractivity contribution in [2.75, 3.05) is 13.1 Å². The zero-order chi connectivity index (χ0) is 12.8. The SMILES string of the molecule is Fc1ccc2nc(C3CCN(C4CCC4)C3)[nH]c2c1. The molecule has 0 radical (unpaired) electrons. The predicted molar refractivity (Wildman–Crippen MR) is 72.6 cm³/mol. The van der Waals surface area contributed by atoms with E-state index in [2.05, 4.69) is 14.9 Å². The molecule has 4 rings (SSSR count). The van der Waals surface area contributed by atoms with Gasteiger partial charge in [-0.2, -0.15) is 0 Å². The molecule has 1 atom stereocenters. The highest BCUT2D eigenvalue weighted by molar-refractivity contribution is 5.75. The Hall–Kier alpha value is -1.42. The molecular formula is C15H18FN3. The number of hydrogen-bond acceptors (Lipinski definition) is 2. The van der Waals surface area contributed by atoms with Gasteiger partial charge in [0.2, 0.25) is 0 Å². The van der Waals surface area contributed by atoms with Gasteiger partial charge in [0.15, 0.2) is 0 Å². The van der Waals surface area contributed by atoms with Crippen LogP contribution in [0.3, 0.4) is 0 Å². The fraction of sp³-hybridized carbons (Fsp3) is 0.533. The van der Waals surface area contributed by atoms with E-state index in [1.165, 1.54) is 44.4 Å². The highest BCUT2D eigenvalue weighted by atomic mass is 19.1. The van der Waals surface area contributed by atoms with Crippen LogP contribution in [0.1, 0.15) is 37.4 Å². The van der Waals surface area contributed by atoms with E-state index in [-0.39, 0.29) is 5.82 Å². The Morgan fingerprint density at radius 2 is 2.16 bits per heavy atom. The molecule has 0 spiro atoms. The Morgan fingerprint density at radius 3 is 2.95 bits per heavy atom. The van der Waals surface area contributed by atoms with Gasteiger partial charge in [-0.1, -0.05) is 6.42 Å². The first kappa shape index (κ1) is 11.4. The van der Waals surface area contributed by atoms with Crippen molar-refractivity contribution in [3.63, 3.8) is 0 Å². The van der Waals surface area contributed by atoms with Crippen LogP contribution in [-0.4, -0.2) is 34.0 Å². The maximum atomic E-state index is 13.2. The van der Waals surface area contributed by atoms with Crippen molar-refractivity contribution in [1.29, 1.82) is 0 Å². The van der Waals surface area contributed by atoms with Crippen molar-refractivity contribution >= 4 is 11.0 Å². The van der Waals surface area contributed by atoms with Crippen molar-refractivity contribution in [2.45, 2.75) is 37.6 Å². The van der Waals surface area contributed by atoms with Crippen molar-refractivity contribution in [1.82, 2.24) is 14.9 Å². The number of benzene rings is 1. The summed E-state index contributed by atoms with van der Waals surface area (Å²) < 4.78 is 13.2. The van der Waals surface area contributed by atoms with Crippen LogP contribution in [-0.2, 0) is 0 Å². The van der Waals surface area contributed by atoms with E-state index < -0.39 is 0 Å². The summed E-state index contributed by atoms with van der Waals surface area (Å²) in [5, 5.41) is 0. The molecule has 2 fully saturated rings. The number of nitrogens with zero attached hydrogens (tertiary/aromatic N) is 2. The molecule has 100 valence electrons. The third-order valence-corrected chi connectivity index (χ3v) is 4.66. The standard InChI is InChI=1S/C15H18FN3/c16-11-4-5-13-14(8-11)18-15(17-13)10-6-7-19(9-10)12-2-1-3-12/h4-5,8,10,12H,1-3,6-7,9H2,(H,17,18). The lowest BCUT2D eigenvalue weighted by Gasteiger charge is -2.34. The molecule has 1 aromatic carbocycles. The maximum absolute atomic E-state index is 13.2. The lowest BCUT2D eigenvalue weighted by Crippen LogP contribution is -2.38. The van der Waals surface area contributed by atoms with Gasteiger partial charge < -0.3 is 4.98 Å². The molecule has 1 aromatic heterocycles. The number of H-pyrrole nitrogens is 1. The molecule has 1 saturated carbocycles. The lowest BCUT2D eigenvalue weighted by atomic mass is 9.92. The Balaban J connectivity index is 1.57. The number of fused-ring (bicyclic) bond motifs is 1. The average molecular weight is 259 g/mol. The zero-order valence-corrected chi connectivity index (χ0v) is 10.9. The third kappa shape index (κ3) is 1.94. The van der Waals surface area contributed by atoms with E-state index in [0.29, 0.717) is 5.92 Å². The van der Waals surface area contributed by atoms with Crippen molar-refractivity contribution in [2.24, 2.45) is 0 Å². The van der Waals surface area contributed by atoms with Crippen LogP contribution in [0.5, 0.6) is 0 Å². The van der Waals surface area contributed by atoms with Crippen LogP contribution in [0.25, 0.3) is 11.0 Å². The molecule has 3 nitrogen and oxygen atoms in total. The highest BCUT2D eigenvalue weighted by Gasteiger charge is 2.33. The predicted octanol–water partition coefficient (Wildman–Crippen LogP) is 3.04. The molecule has 2 heterocycles. The second-order valence-electron chi connectivity index (χ2n) is 5.85. The van der Waals surface area contributed by atoms with E-state index in [4.69, 9.17) is 0 Å². The number of rotatable bonds is 2. The first-order valence-electron chi connectivity index (χ1n) is 7.19. The fourth-order valence-corrected chi connectivity index (χ4v) is 3.29. The minimum absolute atomic E-state index is 0.204. The van der Waals surface area contributed by atoms with Gasteiger partial charge in [-0.3, -0.25) is 4.90 Å². The summed E-state index contributed by atoms with van der Waals surface area (Å²) in [7, 11) is 0. The fourth-order valence-electron chi connectivity index (χ4n) is 3.29. The van der Waals surface area contributed by atoms with Crippen molar-refractivity contribution in [3.05, 3.63) is 29.8 Å². The number of likely N-dealkylation sites (tertiary alicyclic amines) is 1. The molecule has 0 amide bonds. The summed E-state index contributed by atoms with van der Waals surface area (Å²) in [4.78, 5) is 10.5. The van der Waals surface area contributed by atoms with Crippen LogP contribution in [0.15, 0.2) is 18.2 Å². The van der Waals surface area contributed by atoms with Crippen molar-refractivity contribution < 1.29 is 4.39 Å². The van der Waals surface area contributed by atoms with Gasteiger partial charge in [0.25, 0.3) is 0 Å². The summed E-state index contributed by atoms with van der Waals surface area (Å²) in [6.07, 6.45) is 5.27. The van der Waals surface area contributed by atoms with E-state index in [9.17, 15) is 4.39 Å². The number of hydrogen-bond donors (Lipinski definition) is 1. The van der Waals surface area contributed by atoms with Crippen LogP contribution in [0, 0.1) is 5.82 Å². The highest BCUT2D eigenvalue weighted by Crippen LogP contribution is 2.33. The first-order valence-corrected chi connectivity index (χ1v) is 7.19. The summed E-state index contributed by atoms with van der Waals surface area (Å²) in [6.45, 7) is 2.29. The summed E-state index contributed by atoms with van der Waals surface area (Å²) in [5.41, 5.74) is 1.69. The molecule has 1 unspecified atom stereocenters. The van der Waals surface area contributed by atoms with Gasteiger partial charge in [-0.05, 0) is 44.0 Å². The number of aromatic nitrogens is 2. The Morgan fingerprint density at radius 1 is 1.26 bits per heavy atom. The smallest absolute Gasteiger partial charge is 0.125 e. The Kier molecular flexibility index (Phi) is 2.58. The van der Waals surface area contributed by atoms with Crippen LogP contribution < -0.4 is 0 Å². The molecule has 4 heteroatoms. The quantitative estimate of drug-likeness (QED) is 0.899. The second kappa shape index (κ2) is 4.30. The number of halogens is 1. The minimum atomic E-state index is -0.204. The van der Waals surface area contributed by atoms with E-state index in [0.717, 1.165) is 29.4 Å². The topological polar surface area (TPSA) is 31.9 Å². The third-order valence-electron chi connectivity index (χ3n) is 4.66. The first-order chi connectivity index (χ1) is 9.29. The summed E-state index contributed by atoms with van der Waals surface area (Å²) in [6, 6.07) is 5.57. The molecule has 1 aliphatic carbocycles. The summed E-state index contributed by atoms with van der Waals surface area (Å²) >= 11 is 0. The molecule has 2 aromatic rings. The molecule has 0 bridgehead atoms. The molecule has 2 aliphatic rings. The minimum Gasteiger partial charge on any atom is -0.342 e. The lowest BCUT2D eigenvalue weighted by molar-refractivity contribution is 0.157. The van der Waals surface area contributed by atoms with Gasteiger partial charge in [0, 0.05) is 18.5 Å². The van der Waals surface area contributed by atoms with Crippen molar-refractivity contribution in [3.8, 4) is 0 Å². The van der Waals surface area contributed by atoms with Gasteiger partial charge >= 0.3 is 0 Å². The molecule has 19 heavy (non-hydrogen) atoms. The second-order valence-corrected chi connectivity index (χ2v) is 5.85. The van der Waals surface area contributed by atoms with E-state index in [1.54, 1.807) is 6.07 Å². The molecule has 1 aliphatic heterocycles. The van der Waals surface area contributed by atoms with Crippen LogP contribution in [0.2, 0.25) is 0 Å². The van der Waals surface area contributed by atoms with E-state index in [1.807, 2.05) is 0 Å².